The number of nitrogens with one attached hydrogen (secondary N) is 1. The van der Waals surface area contributed by atoms with Crippen LogP contribution >= 0.6 is 22.9 Å². The van der Waals surface area contributed by atoms with Crippen LogP contribution in [0.1, 0.15) is 23.3 Å². The first-order chi connectivity index (χ1) is 11.5. The van der Waals surface area contributed by atoms with E-state index in [9.17, 15) is 9.18 Å². The molecule has 2 heterocycles. The van der Waals surface area contributed by atoms with Crippen LogP contribution in [0.3, 0.4) is 0 Å². The van der Waals surface area contributed by atoms with Gasteiger partial charge in [0.05, 0.1) is 17.8 Å². The number of halogens is 2. The van der Waals surface area contributed by atoms with Gasteiger partial charge in [-0.15, -0.1) is 11.3 Å². The molecule has 0 aliphatic heterocycles. The van der Waals surface area contributed by atoms with Crippen LogP contribution in [0, 0.1) is 5.82 Å². The molecule has 0 saturated heterocycles. The Morgan fingerprint density at radius 3 is 2.96 bits per heavy atom. The van der Waals surface area contributed by atoms with Crippen LogP contribution in [-0.4, -0.2) is 16.0 Å². The summed E-state index contributed by atoms with van der Waals surface area (Å²) < 4.78 is 19.0. The molecule has 0 bridgehead atoms. The lowest BCUT2D eigenvalue weighted by atomic mass is 10.1. The van der Waals surface area contributed by atoms with Gasteiger partial charge in [-0.25, -0.2) is 4.39 Å². The first-order valence-electron chi connectivity index (χ1n) is 7.12. The topological polar surface area (TPSA) is 68.0 Å². The SMILES string of the molecule is CC(=O)NCc1ccc(-c2noc(Cc3c(F)cccc3Cl)n2)s1. The van der Waals surface area contributed by atoms with Crippen LogP contribution < -0.4 is 5.32 Å². The average molecular weight is 366 g/mol. The van der Waals surface area contributed by atoms with Gasteiger partial charge in [0, 0.05) is 22.4 Å². The second-order valence-corrected chi connectivity index (χ2v) is 6.64. The molecule has 2 aromatic heterocycles. The summed E-state index contributed by atoms with van der Waals surface area (Å²) in [5.74, 6) is 0.217. The zero-order valence-corrected chi connectivity index (χ0v) is 14.2. The molecule has 1 amide bonds. The summed E-state index contributed by atoms with van der Waals surface area (Å²) in [5.41, 5.74) is 0.326. The highest BCUT2D eigenvalue weighted by Gasteiger charge is 2.15. The van der Waals surface area contributed by atoms with Crippen LogP contribution in [0.4, 0.5) is 4.39 Å². The van der Waals surface area contributed by atoms with Gasteiger partial charge in [0.15, 0.2) is 0 Å². The molecule has 0 radical (unpaired) electrons. The quantitative estimate of drug-likeness (QED) is 0.746. The van der Waals surface area contributed by atoms with E-state index in [0.29, 0.717) is 23.0 Å². The van der Waals surface area contributed by atoms with Gasteiger partial charge < -0.3 is 9.84 Å². The van der Waals surface area contributed by atoms with Gasteiger partial charge in [-0.1, -0.05) is 22.8 Å². The molecule has 24 heavy (non-hydrogen) atoms. The normalized spacial score (nSPS) is 10.8. The molecular weight excluding hydrogens is 353 g/mol. The number of rotatable bonds is 5. The number of carbonyl (C=O) groups excluding carboxylic acids is 1. The summed E-state index contributed by atoms with van der Waals surface area (Å²) >= 11 is 7.46. The zero-order chi connectivity index (χ0) is 17.1. The minimum atomic E-state index is -0.407. The maximum absolute atomic E-state index is 13.8. The van der Waals surface area contributed by atoms with Crippen LogP contribution in [0.25, 0.3) is 10.7 Å². The predicted octanol–water partition coefficient (Wildman–Crippen LogP) is 3.82. The summed E-state index contributed by atoms with van der Waals surface area (Å²) in [4.78, 5) is 17.0. The van der Waals surface area contributed by atoms with Crippen molar-refractivity contribution >= 4 is 28.8 Å². The summed E-state index contributed by atoms with van der Waals surface area (Å²) in [5, 5.41) is 6.97. The van der Waals surface area contributed by atoms with Crippen molar-refractivity contribution in [3.63, 3.8) is 0 Å². The molecular formula is C16H13ClFN3O2S. The molecule has 0 unspecified atom stereocenters. The molecule has 5 nitrogen and oxygen atoms in total. The van der Waals surface area contributed by atoms with Crippen molar-refractivity contribution in [3.8, 4) is 10.7 Å². The van der Waals surface area contributed by atoms with Gasteiger partial charge in [0.1, 0.15) is 5.82 Å². The highest BCUT2D eigenvalue weighted by molar-refractivity contribution is 7.15. The van der Waals surface area contributed by atoms with Crippen LogP contribution in [0.15, 0.2) is 34.9 Å². The van der Waals surface area contributed by atoms with Gasteiger partial charge in [-0.3, -0.25) is 4.79 Å². The first kappa shape index (κ1) is 16.6. The van der Waals surface area contributed by atoms with Gasteiger partial charge in [0.25, 0.3) is 0 Å². The molecule has 0 aliphatic rings. The molecule has 8 heteroatoms. The second-order valence-electron chi connectivity index (χ2n) is 5.06. The molecule has 0 saturated carbocycles. The van der Waals surface area contributed by atoms with Gasteiger partial charge >= 0.3 is 0 Å². The van der Waals surface area contributed by atoms with Crippen molar-refractivity contribution in [1.82, 2.24) is 15.5 Å². The van der Waals surface area contributed by atoms with Gasteiger partial charge in [0.2, 0.25) is 17.6 Å². The minimum Gasteiger partial charge on any atom is -0.351 e. The van der Waals surface area contributed by atoms with Crippen molar-refractivity contribution in [3.05, 3.63) is 57.5 Å². The van der Waals surface area contributed by atoms with Crippen molar-refractivity contribution in [1.29, 1.82) is 0 Å². The highest BCUT2D eigenvalue weighted by atomic mass is 35.5. The zero-order valence-electron chi connectivity index (χ0n) is 12.7. The monoisotopic (exact) mass is 365 g/mol. The fraction of sp³-hybridized carbons (Fsp3) is 0.188. The largest absolute Gasteiger partial charge is 0.351 e. The van der Waals surface area contributed by atoms with E-state index in [4.69, 9.17) is 16.1 Å². The second kappa shape index (κ2) is 7.11. The van der Waals surface area contributed by atoms with Gasteiger partial charge in [-0.05, 0) is 24.3 Å². The van der Waals surface area contributed by atoms with E-state index in [1.54, 1.807) is 12.1 Å². The number of hydrogen-bond acceptors (Lipinski definition) is 5. The third-order valence-electron chi connectivity index (χ3n) is 3.25. The Morgan fingerprint density at radius 1 is 1.38 bits per heavy atom. The van der Waals surface area contributed by atoms with E-state index >= 15 is 0 Å². The Labute approximate surface area is 146 Å². The summed E-state index contributed by atoms with van der Waals surface area (Å²) in [7, 11) is 0. The Balaban J connectivity index is 1.75. The Kier molecular flexibility index (Phi) is 4.92. The molecule has 1 N–H and O–H groups in total. The minimum absolute atomic E-state index is 0.0893. The fourth-order valence-electron chi connectivity index (χ4n) is 2.08. The number of nitrogens with zero attached hydrogens (tertiary/aromatic N) is 2. The van der Waals surface area contributed by atoms with E-state index in [0.717, 1.165) is 9.75 Å². The van der Waals surface area contributed by atoms with E-state index < -0.39 is 5.82 Å². The lowest BCUT2D eigenvalue weighted by Gasteiger charge is -2.01. The maximum Gasteiger partial charge on any atom is 0.231 e. The predicted molar refractivity (Wildman–Crippen MR) is 89.3 cm³/mol. The van der Waals surface area contributed by atoms with Crippen LogP contribution in [0.5, 0.6) is 0 Å². The molecule has 124 valence electrons. The lowest BCUT2D eigenvalue weighted by Crippen LogP contribution is -2.17. The van der Waals surface area contributed by atoms with Crippen molar-refractivity contribution < 1.29 is 13.7 Å². The smallest absolute Gasteiger partial charge is 0.231 e. The van der Waals surface area contributed by atoms with E-state index in [1.807, 2.05) is 12.1 Å². The Morgan fingerprint density at radius 2 is 2.21 bits per heavy atom. The third-order valence-corrected chi connectivity index (χ3v) is 4.69. The first-order valence-corrected chi connectivity index (χ1v) is 8.31. The number of hydrogen-bond donors (Lipinski definition) is 1. The number of amides is 1. The molecule has 3 aromatic rings. The van der Waals surface area contributed by atoms with E-state index in [1.165, 1.54) is 24.3 Å². The third kappa shape index (κ3) is 3.80. The molecule has 3 rings (SSSR count). The number of benzene rings is 1. The number of aromatic nitrogens is 2. The maximum atomic E-state index is 13.8. The summed E-state index contributed by atoms with van der Waals surface area (Å²) in [6.07, 6.45) is 0.128. The Hall–Kier alpha value is -2.25. The number of carbonyl (C=O) groups is 1. The fourth-order valence-corrected chi connectivity index (χ4v) is 3.19. The van der Waals surface area contributed by atoms with Crippen LogP contribution in [-0.2, 0) is 17.8 Å². The Bertz CT molecular complexity index is 858. The molecule has 0 fully saturated rings. The summed E-state index contributed by atoms with van der Waals surface area (Å²) in [6, 6.07) is 8.24. The highest BCUT2D eigenvalue weighted by Crippen LogP contribution is 2.27. The van der Waals surface area contributed by atoms with Crippen molar-refractivity contribution in [2.24, 2.45) is 0 Å². The standard InChI is InChI=1S/C16H13ClFN3O2S/c1-9(22)19-8-10-5-6-14(24-10)16-20-15(23-21-16)7-11-12(17)3-2-4-13(11)18/h2-6H,7-8H2,1H3,(H,19,22). The summed E-state index contributed by atoms with van der Waals surface area (Å²) in [6.45, 7) is 1.92. The lowest BCUT2D eigenvalue weighted by molar-refractivity contribution is -0.119. The molecule has 1 aromatic carbocycles. The molecule has 0 aliphatic carbocycles. The van der Waals surface area contributed by atoms with E-state index in [-0.39, 0.29) is 18.2 Å². The van der Waals surface area contributed by atoms with Crippen LogP contribution in [0.2, 0.25) is 5.02 Å². The van der Waals surface area contributed by atoms with E-state index in [2.05, 4.69) is 15.5 Å². The van der Waals surface area contributed by atoms with Crippen molar-refractivity contribution in [2.45, 2.75) is 19.9 Å². The molecule has 0 atom stereocenters. The average Bonchev–Trinajstić information content (AvgIpc) is 3.18. The molecule has 0 spiro atoms. The van der Waals surface area contributed by atoms with Crippen molar-refractivity contribution in [2.75, 3.05) is 0 Å². The number of thiophene rings is 1. The van der Waals surface area contributed by atoms with Gasteiger partial charge in [-0.2, -0.15) is 4.98 Å².